The van der Waals surface area contributed by atoms with Crippen LogP contribution in [0.5, 0.6) is 5.88 Å². The van der Waals surface area contributed by atoms with Crippen LogP contribution in [0.25, 0.3) is 0 Å². The largest absolute Gasteiger partial charge is 0.473 e. The van der Waals surface area contributed by atoms with Crippen LogP contribution in [0.3, 0.4) is 0 Å². The summed E-state index contributed by atoms with van der Waals surface area (Å²) in [5.41, 5.74) is 2.45. The molecule has 0 aliphatic heterocycles. The first-order valence-corrected chi connectivity index (χ1v) is 5.16. The van der Waals surface area contributed by atoms with Crippen LogP contribution in [0, 0.1) is 0 Å². The molecule has 1 heterocycles. The predicted octanol–water partition coefficient (Wildman–Crippen LogP) is 1.05. The van der Waals surface area contributed by atoms with Gasteiger partial charge in [-0.05, 0) is 6.26 Å². The fraction of sp³-hybridized carbons (Fsp3) is 0.250. The molecule has 0 aliphatic rings. The second-order valence-corrected chi connectivity index (χ2v) is 3.10. The van der Waals surface area contributed by atoms with Gasteiger partial charge in [0, 0.05) is 6.07 Å². The SMILES string of the molecule is C=CCOc1cc(NN)nc(SC)n1. The molecule has 6 heteroatoms. The summed E-state index contributed by atoms with van der Waals surface area (Å²) in [5, 5.41) is 0.611. The highest BCUT2D eigenvalue weighted by atomic mass is 32.2. The molecule has 1 rings (SSSR count). The maximum Gasteiger partial charge on any atom is 0.219 e. The Morgan fingerprint density at radius 3 is 3.07 bits per heavy atom. The molecule has 76 valence electrons. The fourth-order valence-electron chi connectivity index (χ4n) is 0.787. The number of hydrogen-bond donors (Lipinski definition) is 2. The molecule has 0 saturated heterocycles. The molecule has 0 amide bonds. The van der Waals surface area contributed by atoms with Gasteiger partial charge in [-0.25, -0.2) is 10.8 Å². The van der Waals surface area contributed by atoms with Crippen molar-refractivity contribution < 1.29 is 4.74 Å². The van der Waals surface area contributed by atoms with E-state index in [-0.39, 0.29) is 0 Å². The van der Waals surface area contributed by atoms with Crippen molar-refractivity contribution in [2.24, 2.45) is 5.84 Å². The number of thioether (sulfide) groups is 1. The molecule has 0 spiro atoms. The van der Waals surface area contributed by atoms with Gasteiger partial charge < -0.3 is 10.2 Å². The minimum absolute atomic E-state index is 0.412. The van der Waals surface area contributed by atoms with Crippen molar-refractivity contribution in [2.45, 2.75) is 5.16 Å². The third-order valence-corrected chi connectivity index (χ3v) is 1.91. The summed E-state index contributed by atoms with van der Waals surface area (Å²) in [4.78, 5) is 8.21. The van der Waals surface area contributed by atoms with E-state index in [1.54, 1.807) is 12.1 Å². The lowest BCUT2D eigenvalue weighted by molar-refractivity contribution is 0.345. The van der Waals surface area contributed by atoms with Gasteiger partial charge in [-0.3, -0.25) is 0 Å². The normalized spacial score (nSPS) is 9.57. The molecule has 1 aromatic heterocycles. The third-order valence-electron chi connectivity index (χ3n) is 1.36. The Hall–Kier alpha value is -1.27. The van der Waals surface area contributed by atoms with Gasteiger partial charge in [0.05, 0.1) is 0 Å². The zero-order chi connectivity index (χ0) is 10.4. The van der Waals surface area contributed by atoms with E-state index in [0.29, 0.717) is 23.5 Å². The Morgan fingerprint density at radius 2 is 2.50 bits per heavy atom. The molecular weight excluding hydrogens is 200 g/mol. The molecule has 0 bridgehead atoms. The molecule has 5 nitrogen and oxygen atoms in total. The second kappa shape index (κ2) is 5.46. The minimum Gasteiger partial charge on any atom is -0.473 e. The summed E-state index contributed by atoms with van der Waals surface area (Å²) < 4.78 is 5.26. The zero-order valence-electron chi connectivity index (χ0n) is 7.86. The molecule has 3 N–H and O–H groups in total. The van der Waals surface area contributed by atoms with Gasteiger partial charge >= 0.3 is 0 Å². The van der Waals surface area contributed by atoms with Crippen molar-refractivity contribution in [3.05, 3.63) is 18.7 Å². The fourth-order valence-corrected chi connectivity index (χ4v) is 1.16. The molecule has 0 atom stereocenters. The van der Waals surface area contributed by atoms with Crippen LogP contribution in [0.15, 0.2) is 23.9 Å². The number of nitrogens with zero attached hydrogens (tertiary/aromatic N) is 2. The molecule has 0 unspecified atom stereocenters. The average molecular weight is 212 g/mol. The lowest BCUT2D eigenvalue weighted by atomic mass is 10.5. The van der Waals surface area contributed by atoms with Crippen molar-refractivity contribution in [1.82, 2.24) is 9.97 Å². The highest BCUT2D eigenvalue weighted by molar-refractivity contribution is 7.98. The van der Waals surface area contributed by atoms with Crippen molar-refractivity contribution in [1.29, 1.82) is 0 Å². The summed E-state index contributed by atoms with van der Waals surface area (Å²) >= 11 is 1.42. The summed E-state index contributed by atoms with van der Waals surface area (Å²) in [6, 6.07) is 1.63. The van der Waals surface area contributed by atoms with E-state index < -0.39 is 0 Å². The first kappa shape index (κ1) is 10.8. The quantitative estimate of drug-likeness (QED) is 0.250. The number of aromatic nitrogens is 2. The van der Waals surface area contributed by atoms with E-state index in [2.05, 4.69) is 22.0 Å². The van der Waals surface area contributed by atoms with Gasteiger partial charge in [0.1, 0.15) is 12.4 Å². The number of nitrogens with two attached hydrogens (primary N) is 1. The maximum atomic E-state index is 5.26. The highest BCUT2D eigenvalue weighted by Crippen LogP contribution is 2.17. The Kier molecular flexibility index (Phi) is 4.21. The highest BCUT2D eigenvalue weighted by Gasteiger charge is 2.02. The van der Waals surface area contributed by atoms with Crippen LogP contribution < -0.4 is 16.0 Å². The van der Waals surface area contributed by atoms with E-state index in [0.717, 1.165) is 0 Å². The van der Waals surface area contributed by atoms with E-state index in [9.17, 15) is 0 Å². The molecule has 0 aromatic carbocycles. The Morgan fingerprint density at radius 1 is 1.71 bits per heavy atom. The van der Waals surface area contributed by atoms with Gasteiger partial charge in [0.15, 0.2) is 5.16 Å². The number of hydrogen-bond acceptors (Lipinski definition) is 6. The van der Waals surface area contributed by atoms with E-state index in [1.807, 2.05) is 6.26 Å². The Bertz CT molecular complexity index is 296. The third kappa shape index (κ3) is 2.90. The predicted molar refractivity (Wildman–Crippen MR) is 57.3 cm³/mol. The number of anilines is 1. The second-order valence-electron chi connectivity index (χ2n) is 2.32. The first-order chi connectivity index (χ1) is 6.80. The molecular formula is C8H12N4OS. The summed E-state index contributed by atoms with van der Waals surface area (Å²) in [6.07, 6.45) is 3.53. The number of nitrogens with one attached hydrogen (secondary N) is 1. The van der Waals surface area contributed by atoms with Crippen molar-refractivity contribution >= 4 is 17.6 Å². The monoisotopic (exact) mass is 212 g/mol. The smallest absolute Gasteiger partial charge is 0.219 e. The molecule has 0 aliphatic carbocycles. The first-order valence-electron chi connectivity index (χ1n) is 3.93. The molecule has 1 aromatic rings. The van der Waals surface area contributed by atoms with Crippen LogP contribution in [0.2, 0.25) is 0 Å². The molecule has 14 heavy (non-hydrogen) atoms. The number of rotatable bonds is 5. The average Bonchev–Trinajstić information content (AvgIpc) is 2.25. The number of hydrazine groups is 1. The number of ether oxygens (including phenoxy) is 1. The lowest BCUT2D eigenvalue weighted by Crippen LogP contribution is -2.10. The van der Waals surface area contributed by atoms with E-state index in [4.69, 9.17) is 10.6 Å². The van der Waals surface area contributed by atoms with Crippen molar-refractivity contribution in [3.8, 4) is 5.88 Å². The summed E-state index contributed by atoms with van der Waals surface area (Å²) in [5.74, 6) is 6.26. The van der Waals surface area contributed by atoms with E-state index >= 15 is 0 Å². The molecule has 0 saturated carbocycles. The topological polar surface area (TPSA) is 73.1 Å². The van der Waals surface area contributed by atoms with Gasteiger partial charge in [-0.1, -0.05) is 24.4 Å². The van der Waals surface area contributed by atoms with Crippen molar-refractivity contribution in [2.75, 3.05) is 18.3 Å². The van der Waals surface area contributed by atoms with Crippen LogP contribution in [-0.2, 0) is 0 Å². The Balaban J connectivity index is 2.86. The zero-order valence-corrected chi connectivity index (χ0v) is 8.67. The standard InChI is InChI=1S/C8H12N4OS/c1-3-4-13-7-5-6(12-9)10-8(11-7)14-2/h3,5H,1,4,9H2,2H3,(H,10,11,12). The lowest BCUT2D eigenvalue weighted by Gasteiger charge is -2.06. The van der Waals surface area contributed by atoms with Gasteiger partial charge in [-0.15, -0.1) is 0 Å². The summed E-state index contributed by atoms with van der Waals surface area (Å²) in [6.45, 7) is 3.96. The van der Waals surface area contributed by atoms with Crippen LogP contribution >= 0.6 is 11.8 Å². The van der Waals surface area contributed by atoms with Crippen LogP contribution in [0.1, 0.15) is 0 Å². The molecule has 0 radical (unpaired) electrons. The van der Waals surface area contributed by atoms with Gasteiger partial charge in [0.25, 0.3) is 0 Å². The Labute approximate surface area is 86.7 Å². The summed E-state index contributed by atoms with van der Waals surface area (Å²) in [7, 11) is 0. The minimum atomic E-state index is 0.412. The van der Waals surface area contributed by atoms with Gasteiger partial charge in [0.2, 0.25) is 5.88 Å². The van der Waals surface area contributed by atoms with Gasteiger partial charge in [-0.2, -0.15) is 4.98 Å². The molecule has 0 fully saturated rings. The maximum absolute atomic E-state index is 5.26. The van der Waals surface area contributed by atoms with Crippen molar-refractivity contribution in [3.63, 3.8) is 0 Å². The van der Waals surface area contributed by atoms with Crippen LogP contribution in [-0.4, -0.2) is 22.8 Å². The van der Waals surface area contributed by atoms with E-state index in [1.165, 1.54) is 11.8 Å². The van der Waals surface area contributed by atoms with Crippen LogP contribution in [0.4, 0.5) is 5.82 Å². The number of nitrogen functional groups attached to an aromatic ring is 1.